The summed E-state index contributed by atoms with van der Waals surface area (Å²) in [5.74, 6) is -0.596. The van der Waals surface area contributed by atoms with Gasteiger partial charge in [-0.25, -0.2) is 0 Å². The number of thiazole rings is 1. The minimum atomic E-state index is -2.41. The van der Waals surface area contributed by atoms with Gasteiger partial charge >= 0.3 is 157 Å². The zero-order valence-electron chi connectivity index (χ0n) is 16.0. The summed E-state index contributed by atoms with van der Waals surface area (Å²) >= 11 is -0.642. The van der Waals surface area contributed by atoms with E-state index in [0.29, 0.717) is 13.2 Å². The topological polar surface area (TPSA) is 31.4 Å². The van der Waals surface area contributed by atoms with Crippen LogP contribution in [0.3, 0.4) is 0 Å². The molecule has 1 aliphatic heterocycles. The summed E-state index contributed by atoms with van der Waals surface area (Å²) in [6.45, 7) is 10.4. The maximum atomic E-state index is 5.84. The van der Waals surface area contributed by atoms with Crippen molar-refractivity contribution < 1.29 is 9.47 Å². The molecule has 0 amide bonds. The molecule has 0 aromatic carbocycles. The molecule has 0 aliphatic carbocycles. The normalized spacial score (nSPS) is 17.5. The van der Waals surface area contributed by atoms with Gasteiger partial charge in [0.2, 0.25) is 0 Å². The van der Waals surface area contributed by atoms with Crippen LogP contribution in [0, 0.1) is 0 Å². The maximum absolute atomic E-state index is 5.84. The first-order valence-electron chi connectivity index (χ1n) is 9.84. The van der Waals surface area contributed by atoms with Gasteiger partial charge in [-0.1, -0.05) is 0 Å². The predicted molar refractivity (Wildman–Crippen MR) is 106 cm³/mol. The molecule has 24 heavy (non-hydrogen) atoms. The Morgan fingerprint density at radius 3 is 1.96 bits per heavy atom. The number of aromatic nitrogens is 1. The standard InChI is InChI=1S/C7H8NO2S.3C4H9.Sn/c1-7(9-3-4-10-7)6-8-2-5-11-6;3*1-3-4-2;/h5H,3-4H2,1H3;3*1,3-4H2,2H3;. The average Bonchev–Trinajstić information content (AvgIpc) is 3.25. The number of ether oxygens (including phenoxy) is 2. The molecule has 5 heteroatoms. The van der Waals surface area contributed by atoms with Crippen LogP contribution in [0.2, 0.25) is 13.3 Å². The Morgan fingerprint density at radius 1 is 1.00 bits per heavy atom. The van der Waals surface area contributed by atoms with E-state index in [1.807, 2.05) is 6.92 Å². The second-order valence-electron chi connectivity index (χ2n) is 7.27. The minimum absolute atomic E-state index is 0.596. The van der Waals surface area contributed by atoms with Gasteiger partial charge in [0.05, 0.1) is 0 Å². The summed E-state index contributed by atoms with van der Waals surface area (Å²) in [5, 5.41) is 3.42. The van der Waals surface area contributed by atoms with Gasteiger partial charge in [0.25, 0.3) is 0 Å². The third kappa shape index (κ3) is 4.95. The molecule has 0 atom stereocenters. The summed E-state index contributed by atoms with van der Waals surface area (Å²) in [6.07, 6.45) is 8.04. The van der Waals surface area contributed by atoms with Crippen molar-refractivity contribution in [1.29, 1.82) is 0 Å². The van der Waals surface area contributed by atoms with Crippen LogP contribution in [-0.4, -0.2) is 36.6 Å². The van der Waals surface area contributed by atoms with Crippen LogP contribution in [0.4, 0.5) is 0 Å². The van der Waals surface area contributed by atoms with Gasteiger partial charge in [-0.2, -0.15) is 0 Å². The zero-order valence-corrected chi connectivity index (χ0v) is 19.7. The molecule has 138 valence electrons. The van der Waals surface area contributed by atoms with E-state index in [1.165, 1.54) is 55.5 Å². The van der Waals surface area contributed by atoms with Crippen LogP contribution in [0.25, 0.3) is 0 Å². The third-order valence-electron chi connectivity index (χ3n) is 5.30. The van der Waals surface area contributed by atoms with E-state index in [4.69, 9.17) is 14.5 Å². The molecule has 1 fully saturated rings. The molecule has 0 spiro atoms. The molecule has 1 aliphatic rings. The predicted octanol–water partition coefficient (Wildman–Crippen LogP) is 5.42. The number of rotatable bonds is 11. The summed E-state index contributed by atoms with van der Waals surface area (Å²) in [5.41, 5.74) is 0. The van der Waals surface area contributed by atoms with E-state index in [1.54, 1.807) is 11.3 Å². The number of hydrogen-bond donors (Lipinski definition) is 0. The Balaban J connectivity index is 2.28. The number of unbranched alkanes of at least 4 members (excludes halogenated alkanes) is 3. The van der Waals surface area contributed by atoms with E-state index in [0.717, 1.165) is 5.01 Å². The molecule has 0 bridgehead atoms. The Hall–Kier alpha value is 0.349. The van der Waals surface area contributed by atoms with Crippen LogP contribution >= 0.6 is 11.3 Å². The first-order chi connectivity index (χ1) is 11.6. The first kappa shape index (κ1) is 20.7. The van der Waals surface area contributed by atoms with E-state index < -0.39 is 24.2 Å². The molecule has 2 heterocycles. The van der Waals surface area contributed by atoms with Gasteiger partial charge in [-0.15, -0.1) is 0 Å². The second kappa shape index (κ2) is 9.88. The van der Waals surface area contributed by atoms with Crippen molar-refractivity contribution in [2.45, 2.75) is 85.3 Å². The third-order valence-corrected chi connectivity index (χ3v) is 22.0. The van der Waals surface area contributed by atoms with Gasteiger partial charge in [0.1, 0.15) is 0 Å². The molecule has 0 N–H and O–H groups in total. The van der Waals surface area contributed by atoms with E-state index in [2.05, 4.69) is 26.2 Å². The van der Waals surface area contributed by atoms with Crippen molar-refractivity contribution >= 4 is 33.4 Å². The monoisotopic (exact) mass is 461 g/mol. The first-order valence-corrected chi connectivity index (χ1v) is 18.2. The summed E-state index contributed by atoms with van der Waals surface area (Å²) in [6, 6.07) is 0. The Bertz CT molecular complexity index is 464. The van der Waals surface area contributed by atoms with Crippen molar-refractivity contribution in [3.8, 4) is 0 Å². The average molecular weight is 460 g/mol. The van der Waals surface area contributed by atoms with Crippen LogP contribution in [0.1, 0.15) is 71.2 Å². The van der Waals surface area contributed by atoms with Gasteiger partial charge in [0.15, 0.2) is 0 Å². The van der Waals surface area contributed by atoms with E-state index in [9.17, 15) is 0 Å². The van der Waals surface area contributed by atoms with Crippen molar-refractivity contribution in [2.75, 3.05) is 13.2 Å². The fraction of sp³-hybridized carbons (Fsp3) is 0.842. The second-order valence-corrected chi connectivity index (χ2v) is 21.2. The quantitative estimate of drug-likeness (QED) is 0.414. The summed E-state index contributed by atoms with van der Waals surface area (Å²) < 4.78 is 17.6. The Morgan fingerprint density at radius 2 is 1.50 bits per heavy atom. The molecule has 2 rings (SSSR count). The fourth-order valence-electron chi connectivity index (χ4n) is 3.67. The molecular formula is C19H35NO2SSn. The van der Waals surface area contributed by atoms with Crippen molar-refractivity contribution in [3.63, 3.8) is 0 Å². The van der Waals surface area contributed by atoms with Crippen molar-refractivity contribution in [2.24, 2.45) is 0 Å². The van der Waals surface area contributed by atoms with Crippen LogP contribution < -0.4 is 3.71 Å². The zero-order chi connectivity index (χ0) is 17.5. The summed E-state index contributed by atoms with van der Waals surface area (Å²) in [4.78, 5) is 5.16. The molecule has 1 aromatic heterocycles. The van der Waals surface area contributed by atoms with Gasteiger partial charge in [-0.05, 0) is 0 Å². The SMILES string of the molecule is CCC[CH2][Sn]([CH2]CCC)([CH2]CCC)[c]1csc(C2(C)OCCO2)n1. The van der Waals surface area contributed by atoms with E-state index >= 15 is 0 Å². The molecule has 0 radical (unpaired) electrons. The van der Waals surface area contributed by atoms with Gasteiger partial charge in [0, 0.05) is 0 Å². The van der Waals surface area contributed by atoms with Crippen LogP contribution in [0.15, 0.2) is 5.38 Å². The Labute approximate surface area is 156 Å². The molecular weight excluding hydrogens is 425 g/mol. The van der Waals surface area contributed by atoms with Crippen molar-refractivity contribution in [1.82, 2.24) is 4.98 Å². The van der Waals surface area contributed by atoms with Gasteiger partial charge < -0.3 is 0 Å². The number of hydrogen-bond acceptors (Lipinski definition) is 4. The van der Waals surface area contributed by atoms with Crippen molar-refractivity contribution in [3.05, 3.63) is 10.4 Å². The fourth-order valence-corrected chi connectivity index (χ4v) is 21.7. The van der Waals surface area contributed by atoms with Crippen LogP contribution in [-0.2, 0) is 15.3 Å². The van der Waals surface area contributed by atoms with Gasteiger partial charge in [-0.3, -0.25) is 0 Å². The number of nitrogens with zero attached hydrogens (tertiary/aromatic N) is 1. The molecule has 0 saturated carbocycles. The Kier molecular flexibility index (Phi) is 8.51. The molecule has 1 aromatic rings. The summed E-state index contributed by atoms with van der Waals surface area (Å²) in [7, 11) is 0. The molecule has 1 saturated heterocycles. The van der Waals surface area contributed by atoms with Crippen LogP contribution in [0.5, 0.6) is 0 Å². The molecule has 0 unspecified atom stereocenters. The molecule has 3 nitrogen and oxygen atoms in total. The van der Waals surface area contributed by atoms with E-state index in [-0.39, 0.29) is 0 Å².